The first kappa shape index (κ1) is 11.4. The highest BCUT2D eigenvalue weighted by Crippen LogP contribution is 2.23. The molecule has 0 aliphatic carbocycles. The number of hydrogen-bond acceptors (Lipinski definition) is 3. The Labute approximate surface area is 94.9 Å². The van der Waals surface area contributed by atoms with Gasteiger partial charge in [0.15, 0.2) is 0 Å². The van der Waals surface area contributed by atoms with Crippen LogP contribution in [-0.2, 0) is 0 Å². The molecule has 4 nitrogen and oxygen atoms in total. The number of hydrogen-bond donors (Lipinski definition) is 2. The van der Waals surface area contributed by atoms with E-state index >= 15 is 0 Å². The molecule has 0 aliphatic heterocycles. The van der Waals surface area contributed by atoms with Crippen LogP contribution in [0.15, 0.2) is 18.2 Å². The minimum atomic E-state index is -0.876. The van der Waals surface area contributed by atoms with E-state index in [1.165, 1.54) is 18.5 Å². The van der Waals surface area contributed by atoms with Crippen LogP contribution in [-0.4, -0.2) is 16.1 Å². The molecule has 2 aromatic rings. The molecule has 6 heteroatoms. The first-order valence-electron chi connectivity index (χ1n) is 4.74. The number of rotatable bonds is 1. The summed E-state index contributed by atoms with van der Waals surface area (Å²) in [5.74, 6) is -2.21. The van der Waals surface area contributed by atoms with Crippen LogP contribution in [0.1, 0.15) is 16.1 Å². The van der Waals surface area contributed by atoms with Gasteiger partial charge in [0.05, 0.1) is 0 Å². The van der Waals surface area contributed by atoms with Crippen molar-refractivity contribution in [2.24, 2.45) is 0 Å². The predicted molar refractivity (Wildman–Crippen MR) is 55.6 cm³/mol. The molecule has 0 unspecified atom stereocenters. The Morgan fingerprint density at radius 2 is 2.00 bits per heavy atom. The van der Waals surface area contributed by atoms with Gasteiger partial charge in [-0.3, -0.25) is 10.0 Å². The van der Waals surface area contributed by atoms with Gasteiger partial charge in [-0.05, 0) is 30.7 Å². The molecule has 88 valence electrons. The largest absolute Gasteiger partial charge is 0.293 e. The van der Waals surface area contributed by atoms with Crippen LogP contribution in [0, 0.1) is 18.6 Å². The second-order valence-electron chi connectivity index (χ2n) is 3.52. The fraction of sp³-hybridized carbons (Fsp3) is 0.0909. The van der Waals surface area contributed by atoms with Gasteiger partial charge in [0, 0.05) is 5.39 Å². The van der Waals surface area contributed by atoms with Gasteiger partial charge in [-0.25, -0.2) is 19.2 Å². The van der Waals surface area contributed by atoms with Crippen LogP contribution < -0.4 is 5.48 Å². The number of aryl methyl sites for hydroxylation is 1. The fourth-order valence-electron chi connectivity index (χ4n) is 1.63. The molecule has 2 rings (SSSR count). The third-order valence-electron chi connectivity index (χ3n) is 2.39. The predicted octanol–water partition coefficient (Wildman–Crippen LogP) is 1.94. The van der Waals surface area contributed by atoms with Crippen molar-refractivity contribution in [2.45, 2.75) is 6.92 Å². The number of carbonyl (C=O) groups excluding carboxylic acids is 1. The first-order valence-corrected chi connectivity index (χ1v) is 4.74. The van der Waals surface area contributed by atoms with Crippen LogP contribution in [0.3, 0.4) is 0 Å². The van der Waals surface area contributed by atoms with E-state index in [0.29, 0.717) is 5.56 Å². The average Bonchev–Trinajstić information content (AvgIpc) is 2.32. The summed E-state index contributed by atoms with van der Waals surface area (Å²) in [4.78, 5) is 14.8. The molecule has 0 bridgehead atoms. The van der Waals surface area contributed by atoms with Gasteiger partial charge in [-0.15, -0.1) is 0 Å². The zero-order chi connectivity index (χ0) is 12.6. The van der Waals surface area contributed by atoms with E-state index in [4.69, 9.17) is 5.21 Å². The van der Waals surface area contributed by atoms with Crippen LogP contribution in [0.5, 0.6) is 0 Å². The number of aromatic nitrogens is 1. The third-order valence-corrected chi connectivity index (χ3v) is 2.39. The van der Waals surface area contributed by atoms with Crippen LogP contribution in [0.2, 0.25) is 0 Å². The summed E-state index contributed by atoms with van der Waals surface area (Å²) in [7, 11) is 0. The number of fused-ring (bicyclic) bond motifs is 1. The van der Waals surface area contributed by atoms with E-state index in [1.807, 2.05) is 0 Å². The summed E-state index contributed by atoms with van der Waals surface area (Å²) >= 11 is 0. The Morgan fingerprint density at radius 3 is 2.65 bits per heavy atom. The Kier molecular flexibility index (Phi) is 2.72. The van der Waals surface area contributed by atoms with E-state index < -0.39 is 17.5 Å². The number of pyridine rings is 1. The highest BCUT2D eigenvalue weighted by molar-refractivity contribution is 5.95. The van der Waals surface area contributed by atoms with Gasteiger partial charge in [0.1, 0.15) is 22.8 Å². The molecule has 17 heavy (non-hydrogen) atoms. The Hall–Kier alpha value is -2.08. The van der Waals surface area contributed by atoms with Crippen molar-refractivity contribution in [1.29, 1.82) is 0 Å². The fourth-order valence-corrected chi connectivity index (χ4v) is 1.63. The zero-order valence-electron chi connectivity index (χ0n) is 8.79. The molecule has 0 aliphatic rings. The SMILES string of the molecule is Cc1cc(C(=O)NO)nc2c(F)ccc(F)c12. The summed E-state index contributed by atoms with van der Waals surface area (Å²) in [6.45, 7) is 1.53. The van der Waals surface area contributed by atoms with Gasteiger partial charge in [-0.2, -0.15) is 0 Å². The molecule has 1 amide bonds. The molecule has 1 heterocycles. The van der Waals surface area contributed by atoms with E-state index in [0.717, 1.165) is 12.1 Å². The molecule has 1 aromatic heterocycles. The number of benzene rings is 1. The van der Waals surface area contributed by atoms with Gasteiger partial charge < -0.3 is 0 Å². The normalized spacial score (nSPS) is 10.6. The molecule has 0 saturated heterocycles. The number of nitrogens with one attached hydrogen (secondary N) is 1. The Morgan fingerprint density at radius 1 is 1.35 bits per heavy atom. The van der Waals surface area contributed by atoms with Crippen molar-refractivity contribution in [3.05, 3.63) is 41.1 Å². The van der Waals surface area contributed by atoms with Gasteiger partial charge in [0.2, 0.25) is 0 Å². The van der Waals surface area contributed by atoms with Crippen molar-refractivity contribution < 1.29 is 18.8 Å². The molecular weight excluding hydrogens is 230 g/mol. The Bertz CT molecular complexity index is 614. The maximum absolute atomic E-state index is 13.5. The standard InChI is InChI=1S/C11H8F2N2O2/c1-5-4-8(11(16)15-17)14-10-7(13)3-2-6(12)9(5)10/h2-4,17H,1H3,(H,15,16). The average molecular weight is 238 g/mol. The summed E-state index contributed by atoms with van der Waals surface area (Å²) in [5.41, 5.74) is 1.34. The molecule has 0 fully saturated rings. The molecule has 0 saturated carbocycles. The lowest BCUT2D eigenvalue weighted by atomic mass is 10.1. The van der Waals surface area contributed by atoms with Gasteiger partial charge in [0.25, 0.3) is 5.91 Å². The lowest BCUT2D eigenvalue weighted by Crippen LogP contribution is -2.20. The molecule has 0 radical (unpaired) electrons. The third kappa shape index (κ3) is 1.83. The van der Waals surface area contributed by atoms with E-state index in [2.05, 4.69) is 4.98 Å². The van der Waals surface area contributed by atoms with Crippen LogP contribution in [0.4, 0.5) is 8.78 Å². The summed E-state index contributed by atoms with van der Waals surface area (Å²) in [5, 5.41) is 8.50. The lowest BCUT2D eigenvalue weighted by molar-refractivity contribution is 0.0701. The van der Waals surface area contributed by atoms with Gasteiger partial charge >= 0.3 is 0 Å². The number of hydroxylamine groups is 1. The summed E-state index contributed by atoms with van der Waals surface area (Å²) in [6.07, 6.45) is 0. The number of halogens is 2. The second kappa shape index (κ2) is 4.06. The minimum absolute atomic E-state index is 0.0273. The quantitative estimate of drug-likeness (QED) is 0.589. The first-order chi connectivity index (χ1) is 8.04. The summed E-state index contributed by atoms with van der Waals surface area (Å²) in [6, 6.07) is 3.21. The van der Waals surface area contributed by atoms with Crippen molar-refractivity contribution in [2.75, 3.05) is 0 Å². The van der Waals surface area contributed by atoms with Crippen molar-refractivity contribution in [3.63, 3.8) is 0 Å². The van der Waals surface area contributed by atoms with E-state index in [1.54, 1.807) is 0 Å². The second-order valence-corrected chi connectivity index (χ2v) is 3.52. The number of carbonyl (C=O) groups is 1. The summed E-state index contributed by atoms with van der Waals surface area (Å²) < 4.78 is 27.0. The number of nitrogens with zero attached hydrogens (tertiary/aromatic N) is 1. The van der Waals surface area contributed by atoms with E-state index in [-0.39, 0.29) is 16.6 Å². The smallest absolute Gasteiger partial charge is 0.288 e. The zero-order valence-corrected chi connectivity index (χ0v) is 8.79. The van der Waals surface area contributed by atoms with E-state index in [9.17, 15) is 13.6 Å². The Balaban J connectivity index is 2.82. The van der Waals surface area contributed by atoms with Crippen molar-refractivity contribution >= 4 is 16.8 Å². The molecule has 0 atom stereocenters. The topological polar surface area (TPSA) is 62.2 Å². The maximum Gasteiger partial charge on any atom is 0.293 e. The molecular formula is C11H8F2N2O2. The van der Waals surface area contributed by atoms with Crippen LogP contribution >= 0.6 is 0 Å². The maximum atomic E-state index is 13.5. The molecule has 0 spiro atoms. The molecule has 1 aromatic carbocycles. The monoisotopic (exact) mass is 238 g/mol. The number of amides is 1. The van der Waals surface area contributed by atoms with Crippen molar-refractivity contribution in [1.82, 2.24) is 10.5 Å². The lowest BCUT2D eigenvalue weighted by Gasteiger charge is -2.06. The molecule has 2 N–H and O–H groups in total. The van der Waals surface area contributed by atoms with Crippen molar-refractivity contribution in [3.8, 4) is 0 Å². The van der Waals surface area contributed by atoms with Crippen LogP contribution in [0.25, 0.3) is 10.9 Å². The van der Waals surface area contributed by atoms with Gasteiger partial charge in [-0.1, -0.05) is 0 Å². The minimum Gasteiger partial charge on any atom is -0.288 e. The highest BCUT2D eigenvalue weighted by atomic mass is 19.1. The highest BCUT2D eigenvalue weighted by Gasteiger charge is 2.14.